The van der Waals surface area contributed by atoms with Crippen molar-refractivity contribution < 1.29 is 14.3 Å². The number of rotatable bonds is 6. The predicted octanol–water partition coefficient (Wildman–Crippen LogP) is 3.96. The molecule has 7 nitrogen and oxygen atoms in total. The van der Waals surface area contributed by atoms with E-state index in [1.54, 1.807) is 43.3 Å². The van der Waals surface area contributed by atoms with Gasteiger partial charge >= 0.3 is 5.97 Å². The van der Waals surface area contributed by atoms with Crippen molar-refractivity contribution in [1.82, 2.24) is 10.2 Å². The molecule has 0 atom stereocenters. The number of carbonyl (C=O) groups is 2. The first-order valence-corrected chi connectivity index (χ1v) is 8.81. The van der Waals surface area contributed by atoms with E-state index in [4.69, 9.17) is 4.74 Å². The van der Waals surface area contributed by atoms with Gasteiger partial charge in [-0.2, -0.15) is 0 Å². The van der Waals surface area contributed by atoms with Gasteiger partial charge < -0.3 is 15.4 Å². The summed E-state index contributed by atoms with van der Waals surface area (Å²) >= 11 is 0. The third-order valence-corrected chi connectivity index (χ3v) is 3.88. The van der Waals surface area contributed by atoms with Crippen LogP contribution < -0.4 is 10.6 Å². The molecular weight excluding hydrogens is 356 g/mol. The molecule has 1 amide bonds. The molecule has 0 unspecified atom stereocenters. The molecule has 0 aliphatic rings. The van der Waals surface area contributed by atoms with Crippen LogP contribution in [0.15, 0.2) is 60.7 Å². The van der Waals surface area contributed by atoms with Crippen LogP contribution in [0.5, 0.6) is 0 Å². The maximum absolute atomic E-state index is 12.3. The minimum Gasteiger partial charge on any atom is -0.462 e. The summed E-state index contributed by atoms with van der Waals surface area (Å²) in [5.74, 6) is -0.250. The van der Waals surface area contributed by atoms with Crippen LogP contribution in [0, 0.1) is 6.92 Å². The maximum Gasteiger partial charge on any atom is 0.338 e. The number of anilines is 3. The molecule has 0 saturated carbocycles. The van der Waals surface area contributed by atoms with Crippen LogP contribution in [0.25, 0.3) is 0 Å². The van der Waals surface area contributed by atoms with Gasteiger partial charge in [0.1, 0.15) is 0 Å². The Morgan fingerprint density at radius 2 is 1.57 bits per heavy atom. The van der Waals surface area contributed by atoms with E-state index in [0.29, 0.717) is 23.7 Å². The number of amides is 1. The monoisotopic (exact) mass is 376 g/mol. The maximum atomic E-state index is 12.3. The van der Waals surface area contributed by atoms with Gasteiger partial charge in [0.2, 0.25) is 0 Å². The van der Waals surface area contributed by atoms with Gasteiger partial charge in [-0.25, -0.2) is 4.79 Å². The number of esters is 1. The van der Waals surface area contributed by atoms with Crippen molar-refractivity contribution in [3.63, 3.8) is 0 Å². The van der Waals surface area contributed by atoms with Crippen LogP contribution >= 0.6 is 0 Å². The fraction of sp³-hybridized carbons (Fsp3) is 0.143. The van der Waals surface area contributed by atoms with Gasteiger partial charge in [0.15, 0.2) is 11.5 Å². The normalized spacial score (nSPS) is 10.2. The summed E-state index contributed by atoms with van der Waals surface area (Å²) < 4.78 is 4.93. The average molecular weight is 376 g/mol. The zero-order valence-corrected chi connectivity index (χ0v) is 15.6. The second kappa shape index (κ2) is 8.77. The molecule has 7 heteroatoms. The Balaban J connectivity index is 1.61. The molecule has 0 radical (unpaired) electrons. The molecule has 0 aliphatic heterocycles. The molecule has 142 valence electrons. The molecule has 0 aliphatic carbocycles. The lowest BCUT2D eigenvalue weighted by Gasteiger charge is -2.07. The summed E-state index contributed by atoms with van der Waals surface area (Å²) in [7, 11) is 0. The first kappa shape index (κ1) is 19.0. The number of nitrogens with one attached hydrogen (secondary N) is 2. The van der Waals surface area contributed by atoms with E-state index >= 15 is 0 Å². The Bertz CT molecular complexity index is 952. The van der Waals surface area contributed by atoms with Gasteiger partial charge in [-0.3, -0.25) is 4.79 Å². The molecule has 0 saturated heterocycles. The lowest BCUT2D eigenvalue weighted by Crippen LogP contribution is -2.14. The Labute approximate surface area is 162 Å². The lowest BCUT2D eigenvalue weighted by atomic mass is 10.2. The Morgan fingerprint density at radius 1 is 0.893 bits per heavy atom. The Hall–Kier alpha value is -3.74. The van der Waals surface area contributed by atoms with Crippen molar-refractivity contribution in [2.45, 2.75) is 13.8 Å². The molecule has 2 N–H and O–H groups in total. The molecule has 1 heterocycles. The summed E-state index contributed by atoms with van der Waals surface area (Å²) in [6, 6.07) is 17.6. The van der Waals surface area contributed by atoms with Gasteiger partial charge in [-0.15, -0.1) is 10.2 Å². The van der Waals surface area contributed by atoms with Crippen LogP contribution in [0.4, 0.5) is 17.2 Å². The minimum atomic E-state index is -0.400. The first-order chi connectivity index (χ1) is 13.5. The van der Waals surface area contributed by atoms with Gasteiger partial charge in [0.25, 0.3) is 5.91 Å². The number of ether oxygens (including phenoxy) is 1. The van der Waals surface area contributed by atoms with Crippen LogP contribution in [0.3, 0.4) is 0 Å². The Morgan fingerprint density at radius 3 is 2.18 bits per heavy atom. The van der Waals surface area contributed by atoms with Crippen molar-refractivity contribution in [3.05, 3.63) is 77.5 Å². The number of nitrogens with zero attached hydrogens (tertiary/aromatic N) is 2. The highest BCUT2D eigenvalue weighted by Crippen LogP contribution is 2.15. The Kier molecular flexibility index (Phi) is 5.96. The molecular formula is C21H20N4O3. The highest BCUT2D eigenvalue weighted by atomic mass is 16.5. The fourth-order valence-electron chi connectivity index (χ4n) is 2.40. The summed E-state index contributed by atoms with van der Waals surface area (Å²) in [5, 5.41) is 13.8. The predicted molar refractivity (Wildman–Crippen MR) is 107 cm³/mol. The first-order valence-electron chi connectivity index (χ1n) is 8.81. The van der Waals surface area contributed by atoms with Crippen molar-refractivity contribution in [1.29, 1.82) is 0 Å². The second-order valence-electron chi connectivity index (χ2n) is 6.05. The summed E-state index contributed by atoms with van der Waals surface area (Å²) in [5.41, 5.74) is 3.20. The van der Waals surface area contributed by atoms with Gasteiger partial charge in [-0.1, -0.05) is 17.7 Å². The number of benzene rings is 2. The van der Waals surface area contributed by atoms with Crippen molar-refractivity contribution >= 4 is 29.1 Å². The van der Waals surface area contributed by atoms with Crippen molar-refractivity contribution in [2.24, 2.45) is 0 Å². The van der Waals surface area contributed by atoms with Crippen molar-refractivity contribution in [3.8, 4) is 0 Å². The van der Waals surface area contributed by atoms with Gasteiger partial charge in [-0.05, 0) is 62.4 Å². The number of aryl methyl sites for hydroxylation is 1. The molecule has 0 fully saturated rings. The molecule has 0 spiro atoms. The van der Waals surface area contributed by atoms with Crippen LogP contribution in [-0.2, 0) is 4.74 Å². The van der Waals surface area contributed by atoms with Crippen LogP contribution in [-0.4, -0.2) is 28.7 Å². The van der Waals surface area contributed by atoms with Crippen molar-refractivity contribution in [2.75, 3.05) is 17.2 Å². The minimum absolute atomic E-state index is 0.184. The molecule has 28 heavy (non-hydrogen) atoms. The van der Waals surface area contributed by atoms with E-state index in [1.165, 1.54) is 5.56 Å². The molecule has 0 bridgehead atoms. The number of hydrogen-bond acceptors (Lipinski definition) is 6. The summed E-state index contributed by atoms with van der Waals surface area (Å²) in [4.78, 5) is 24.0. The lowest BCUT2D eigenvalue weighted by molar-refractivity contribution is 0.0526. The third-order valence-electron chi connectivity index (χ3n) is 3.88. The fourth-order valence-corrected chi connectivity index (χ4v) is 2.40. The smallest absolute Gasteiger partial charge is 0.338 e. The van der Waals surface area contributed by atoms with E-state index in [0.717, 1.165) is 5.69 Å². The number of carbonyl (C=O) groups excluding carboxylic acids is 2. The molecule has 3 aromatic rings. The number of hydrogen-bond donors (Lipinski definition) is 2. The van der Waals surface area contributed by atoms with Crippen LogP contribution in [0.1, 0.15) is 33.3 Å². The molecule has 1 aromatic heterocycles. The standard InChI is InChI=1S/C21H20N4O3/c1-3-28-21(27)15-6-10-17(11-7-15)23-20(26)18-12-13-19(25-24-18)22-16-8-4-14(2)5-9-16/h4-13H,3H2,1-2H3,(H,22,25)(H,23,26). The molecule has 2 aromatic carbocycles. The summed E-state index contributed by atoms with van der Waals surface area (Å²) in [6.07, 6.45) is 0. The zero-order valence-electron chi connectivity index (χ0n) is 15.6. The second-order valence-corrected chi connectivity index (χ2v) is 6.05. The third kappa shape index (κ3) is 4.91. The topological polar surface area (TPSA) is 93.2 Å². The van der Waals surface area contributed by atoms with Crippen LogP contribution in [0.2, 0.25) is 0 Å². The highest BCUT2D eigenvalue weighted by Gasteiger charge is 2.10. The van der Waals surface area contributed by atoms with Gasteiger partial charge in [0, 0.05) is 11.4 Å². The average Bonchev–Trinajstić information content (AvgIpc) is 2.71. The SMILES string of the molecule is CCOC(=O)c1ccc(NC(=O)c2ccc(Nc3ccc(C)cc3)nn2)cc1. The quantitative estimate of drug-likeness (QED) is 0.633. The van der Waals surface area contributed by atoms with E-state index in [2.05, 4.69) is 20.8 Å². The number of aromatic nitrogens is 2. The van der Waals surface area contributed by atoms with E-state index in [-0.39, 0.29) is 5.69 Å². The van der Waals surface area contributed by atoms with E-state index in [1.807, 2.05) is 31.2 Å². The van der Waals surface area contributed by atoms with Gasteiger partial charge in [0.05, 0.1) is 12.2 Å². The summed E-state index contributed by atoms with van der Waals surface area (Å²) in [6.45, 7) is 4.07. The van der Waals surface area contributed by atoms with E-state index < -0.39 is 11.9 Å². The van der Waals surface area contributed by atoms with E-state index in [9.17, 15) is 9.59 Å². The zero-order chi connectivity index (χ0) is 19.9. The molecule has 3 rings (SSSR count). The largest absolute Gasteiger partial charge is 0.462 e. The highest BCUT2D eigenvalue weighted by molar-refractivity contribution is 6.03.